The summed E-state index contributed by atoms with van der Waals surface area (Å²) >= 11 is 0. The van der Waals surface area contributed by atoms with Crippen LogP contribution in [0.5, 0.6) is 5.75 Å². The lowest BCUT2D eigenvalue weighted by Gasteiger charge is -2.35. The zero-order valence-corrected chi connectivity index (χ0v) is 16.8. The minimum absolute atomic E-state index is 0.00517. The first-order valence-corrected chi connectivity index (χ1v) is 10.2. The van der Waals surface area contributed by atoms with E-state index in [1.54, 1.807) is 14.7 Å². The van der Waals surface area contributed by atoms with Crippen LogP contribution in [-0.4, -0.2) is 66.9 Å². The van der Waals surface area contributed by atoms with Gasteiger partial charge in [0.05, 0.1) is 5.92 Å². The lowest BCUT2D eigenvalue weighted by molar-refractivity contribution is -0.142. The van der Waals surface area contributed by atoms with Gasteiger partial charge in [0.15, 0.2) is 6.61 Å². The van der Waals surface area contributed by atoms with Crippen LogP contribution in [0, 0.1) is 5.92 Å². The molecule has 2 aliphatic rings. The number of piperazine rings is 1. The summed E-state index contributed by atoms with van der Waals surface area (Å²) in [7, 11) is 0. The van der Waals surface area contributed by atoms with E-state index in [1.807, 2.05) is 60.7 Å². The molecule has 2 fully saturated rings. The number of benzene rings is 2. The van der Waals surface area contributed by atoms with Crippen molar-refractivity contribution in [3.8, 4) is 5.75 Å². The third kappa shape index (κ3) is 4.45. The summed E-state index contributed by atoms with van der Waals surface area (Å²) in [5.41, 5.74) is 0.826. The molecule has 7 nitrogen and oxygen atoms in total. The Bertz CT molecular complexity index is 895. The van der Waals surface area contributed by atoms with Crippen LogP contribution < -0.4 is 9.64 Å². The standard InChI is InChI=1S/C23H25N3O4/c27-21-15-18(16-26(21)19-7-3-1-4-8-19)23(29)25-13-11-24(12-14-25)22(28)17-30-20-9-5-2-6-10-20/h1-10,18H,11-17H2. The number of hydrogen-bond donors (Lipinski definition) is 0. The van der Waals surface area contributed by atoms with Crippen molar-refractivity contribution in [3.63, 3.8) is 0 Å². The first kappa shape index (κ1) is 19.9. The number of anilines is 1. The summed E-state index contributed by atoms with van der Waals surface area (Å²) in [6.07, 6.45) is 0.234. The lowest BCUT2D eigenvalue weighted by atomic mass is 10.1. The molecule has 156 valence electrons. The summed E-state index contributed by atoms with van der Waals surface area (Å²) in [6.45, 7) is 2.31. The molecular weight excluding hydrogens is 382 g/mol. The predicted octanol–water partition coefficient (Wildman–Crippen LogP) is 1.79. The molecule has 2 saturated heterocycles. The van der Waals surface area contributed by atoms with Gasteiger partial charge in [-0.05, 0) is 24.3 Å². The Kier molecular flexibility index (Phi) is 5.97. The number of rotatable bonds is 5. The molecule has 0 aromatic heterocycles. The van der Waals surface area contributed by atoms with Crippen LogP contribution in [0.25, 0.3) is 0 Å². The highest BCUT2D eigenvalue weighted by Gasteiger charge is 2.38. The van der Waals surface area contributed by atoms with Gasteiger partial charge in [0, 0.05) is 44.8 Å². The number of carbonyl (C=O) groups is 3. The monoisotopic (exact) mass is 407 g/mol. The van der Waals surface area contributed by atoms with Gasteiger partial charge in [-0.25, -0.2) is 0 Å². The fourth-order valence-corrected chi connectivity index (χ4v) is 3.92. The van der Waals surface area contributed by atoms with Crippen molar-refractivity contribution in [2.24, 2.45) is 5.92 Å². The van der Waals surface area contributed by atoms with Crippen molar-refractivity contribution in [2.45, 2.75) is 6.42 Å². The summed E-state index contributed by atoms with van der Waals surface area (Å²) in [4.78, 5) is 42.9. The van der Waals surface area contributed by atoms with E-state index in [9.17, 15) is 14.4 Å². The second-order valence-electron chi connectivity index (χ2n) is 7.55. The Morgan fingerprint density at radius 2 is 1.47 bits per heavy atom. The van der Waals surface area contributed by atoms with E-state index in [0.29, 0.717) is 38.5 Å². The normalized spacial score (nSPS) is 19.1. The average Bonchev–Trinajstić information content (AvgIpc) is 3.20. The Hall–Kier alpha value is -3.35. The van der Waals surface area contributed by atoms with Crippen LogP contribution in [0.4, 0.5) is 5.69 Å². The van der Waals surface area contributed by atoms with Gasteiger partial charge in [-0.1, -0.05) is 36.4 Å². The molecule has 0 spiro atoms. The molecule has 4 rings (SSSR count). The van der Waals surface area contributed by atoms with E-state index in [2.05, 4.69) is 0 Å². The van der Waals surface area contributed by atoms with Crippen molar-refractivity contribution in [3.05, 3.63) is 60.7 Å². The minimum atomic E-state index is -0.332. The predicted molar refractivity (Wildman–Crippen MR) is 112 cm³/mol. The van der Waals surface area contributed by atoms with E-state index in [1.165, 1.54) is 0 Å². The van der Waals surface area contributed by atoms with Crippen molar-refractivity contribution >= 4 is 23.4 Å². The van der Waals surface area contributed by atoms with Crippen LogP contribution in [0.3, 0.4) is 0 Å². The molecule has 2 aromatic carbocycles. The quantitative estimate of drug-likeness (QED) is 0.758. The fraction of sp³-hybridized carbons (Fsp3) is 0.348. The summed E-state index contributed by atoms with van der Waals surface area (Å²) in [5.74, 6) is 0.216. The van der Waals surface area contributed by atoms with Gasteiger partial charge in [0.2, 0.25) is 11.8 Å². The number of nitrogens with zero attached hydrogens (tertiary/aromatic N) is 3. The van der Waals surface area contributed by atoms with Crippen LogP contribution in [0.2, 0.25) is 0 Å². The Balaban J connectivity index is 1.26. The summed E-state index contributed by atoms with van der Waals surface area (Å²) in [5, 5.41) is 0. The fourth-order valence-electron chi connectivity index (χ4n) is 3.92. The smallest absolute Gasteiger partial charge is 0.260 e. The second kappa shape index (κ2) is 8.98. The number of ether oxygens (including phenoxy) is 1. The van der Waals surface area contributed by atoms with Gasteiger partial charge in [0.25, 0.3) is 5.91 Å². The SMILES string of the molecule is O=C(COc1ccccc1)N1CCN(C(=O)C2CC(=O)N(c3ccccc3)C2)CC1. The molecule has 2 aliphatic heterocycles. The molecule has 1 atom stereocenters. The van der Waals surface area contributed by atoms with E-state index in [0.717, 1.165) is 5.69 Å². The van der Waals surface area contributed by atoms with Crippen LogP contribution in [0.15, 0.2) is 60.7 Å². The van der Waals surface area contributed by atoms with Gasteiger partial charge >= 0.3 is 0 Å². The van der Waals surface area contributed by atoms with Gasteiger partial charge in [-0.2, -0.15) is 0 Å². The zero-order valence-electron chi connectivity index (χ0n) is 16.8. The first-order valence-electron chi connectivity index (χ1n) is 10.2. The Morgan fingerprint density at radius 3 is 2.13 bits per heavy atom. The maximum absolute atomic E-state index is 12.9. The zero-order chi connectivity index (χ0) is 20.9. The molecule has 7 heteroatoms. The molecule has 2 aromatic rings. The largest absolute Gasteiger partial charge is 0.484 e. The molecule has 0 radical (unpaired) electrons. The van der Waals surface area contributed by atoms with Gasteiger partial charge in [-0.15, -0.1) is 0 Å². The molecular formula is C23H25N3O4. The van der Waals surface area contributed by atoms with Crippen molar-refractivity contribution in [1.29, 1.82) is 0 Å². The molecule has 0 saturated carbocycles. The van der Waals surface area contributed by atoms with Crippen molar-refractivity contribution in [1.82, 2.24) is 9.80 Å². The summed E-state index contributed by atoms with van der Waals surface area (Å²) < 4.78 is 5.53. The van der Waals surface area contributed by atoms with Gasteiger partial charge in [-0.3, -0.25) is 14.4 Å². The third-order valence-electron chi connectivity index (χ3n) is 5.59. The van der Waals surface area contributed by atoms with Gasteiger partial charge in [0.1, 0.15) is 5.75 Å². The van der Waals surface area contributed by atoms with Crippen molar-refractivity contribution in [2.75, 3.05) is 44.2 Å². The highest BCUT2D eigenvalue weighted by molar-refractivity contribution is 6.00. The second-order valence-corrected chi connectivity index (χ2v) is 7.55. The Labute approximate surface area is 175 Å². The lowest BCUT2D eigenvalue weighted by Crippen LogP contribution is -2.53. The van der Waals surface area contributed by atoms with E-state index in [-0.39, 0.29) is 36.7 Å². The maximum Gasteiger partial charge on any atom is 0.260 e. The van der Waals surface area contributed by atoms with E-state index >= 15 is 0 Å². The molecule has 1 unspecified atom stereocenters. The third-order valence-corrected chi connectivity index (χ3v) is 5.59. The van der Waals surface area contributed by atoms with Crippen molar-refractivity contribution < 1.29 is 19.1 Å². The molecule has 3 amide bonds. The molecule has 0 bridgehead atoms. The Morgan fingerprint density at radius 1 is 0.867 bits per heavy atom. The maximum atomic E-state index is 12.9. The van der Waals surface area contributed by atoms with E-state index < -0.39 is 0 Å². The van der Waals surface area contributed by atoms with Crippen LogP contribution in [-0.2, 0) is 14.4 Å². The molecule has 0 N–H and O–H groups in total. The highest BCUT2D eigenvalue weighted by Crippen LogP contribution is 2.26. The first-order chi connectivity index (χ1) is 14.6. The molecule has 30 heavy (non-hydrogen) atoms. The van der Waals surface area contributed by atoms with E-state index in [4.69, 9.17) is 4.74 Å². The number of hydrogen-bond acceptors (Lipinski definition) is 4. The topological polar surface area (TPSA) is 70.2 Å². The van der Waals surface area contributed by atoms with Crippen LogP contribution in [0.1, 0.15) is 6.42 Å². The number of amides is 3. The number of para-hydroxylation sites is 2. The summed E-state index contributed by atoms with van der Waals surface area (Å²) in [6, 6.07) is 18.7. The average molecular weight is 407 g/mol. The minimum Gasteiger partial charge on any atom is -0.484 e. The molecule has 0 aliphatic carbocycles. The van der Waals surface area contributed by atoms with Gasteiger partial charge < -0.3 is 19.4 Å². The highest BCUT2D eigenvalue weighted by atomic mass is 16.5. The van der Waals surface area contributed by atoms with Crippen LogP contribution >= 0.6 is 0 Å². The number of carbonyl (C=O) groups excluding carboxylic acids is 3. The molecule has 2 heterocycles.